The first-order valence-corrected chi connectivity index (χ1v) is 5.69. The van der Waals surface area contributed by atoms with Crippen LogP contribution in [0.1, 0.15) is 18.4 Å². The second-order valence-corrected chi connectivity index (χ2v) is 4.27. The number of nitriles is 1. The Morgan fingerprint density at radius 1 is 1.50 bits per heavy atom. The maximum atomic E-state index is 8.40. The van der Waals surface area contributed by atoms with E-state index in [1.165, 1.54) is 12.8 Å². The largest absolute Gasteiger partial charge is 0.477 e. The van der Waals surface area contributed by atoms with Crippen molar-refractivity contribution >= 4 is 11.6 Å². The molecule has 0 aliphatic heterocycles. The van der Waals surface area contributed by atoms with Gasteiger partial charge in [-0.25, -0.2) is 0 Å². The topological polar surface area (TPSA) is 45.0 Å². The molecule has 4 heteroatoms. The van der Waals surface area contributed by atoms with E-state index in [4.69, 9.17) is 21.6 Å². The summed E-state index contributed by atoms with van der Waals surface area (Å²) < 4.78 is 5.17. The van der Waals surface area contributed by atoms with E-state index < -0.39 is 0 Å². The molecule has 1 N–H and O–H groups in total. The molecule has 3 nitrogen and oxygen atoms in total. The first-order chi connectivity index (χ1) is 7.79. The lowest BCUT2D eigenvalue weighted by atomic mass is 10.2. The predicted octanol–water partition coefficient (Wildman–Crippen LogP) is 2.49. The van der Waals surface area contributed by atoms with Crippen molar-refractivity contribution in [3.63, 3.8) is 0 Å². The monoisotopic (exact) mass is 236 g/mol. The zero-order valence-electron chi connectivity index (χ0n) is 8.87. The first kappa shape index (κ1) is 11.3. The van der Waals surface area contributed by atoms with Crippen LogP contribution in [0.4, 0.5) is 0 Å². The maximum absolute atomic E-state index is 8.40. The lowest BCUT2D eigenvalue weighted by Crippen LogP contribution is -2.15. The summed E-state index contributed by atoms with van der Waals surface area (Å²) in [6.07, 6.45) is 2.55. The van der Waals surface area contributed by atoms with E-state index in [1.54, 1.807) is 0 Å². The third kappa shape index (κ3) is 3.13. The predicted molar refractivity (Wildman–Crippen MR) is 62.4 cm³/mol. The van der Waals surface area contributed by atoms with E-state index in [0.29, 0.717) is 16.8 Å². The van der Waals surface area contributed by atoms with Crippen molar-refractivity contribution in [2.75, 3.05) is 6.61 Å². The van der Waals surface area contributed by atoms with Gasteiger partial charge in [-0.15, -0.1) is 0 Å². The first-order valence-electron chi connectivity index (χ1n) is 5.31. The number of hydrogen-bond acceptors (Lipinski definition) is 3. The molecule has 0 amide bonds. The molecular weight excluding hydrogens is 224 g/mol. The number of ether oxygens (including phenoxy) is 1. The fourth-order valence-electron chi connectivity index (χ4n) is 1.43. The molecule has 1 aliphatic rings. The highest BCUT2D eigenvalue weighted by atomic mass is 35.5. The number of halogens is 1. The van der Waals surface area contributed by atoms with Crippen LogP contribution in [0.5, 0.6) is 5.75 Å². The number of benzene rings is 1. The summed E-state index contributed by atoms with van der Waals surface area (Å²) in [5.41, 5.74) is 1.14. The summed E-state index contributed by atoms with van der Waals surface area (Å²) in [4.78, 5) is 0. The van der Waals surface area contributed by atoms with Gasteiger partial charge in [0.05, 0.1) is 5.02 Å². The Morgan fingerprint density at radius 2 is 2.31 bits per heavy atom. The van der Waals surface area contributed by atoms with Crippen LogP contribution in [0, 0.1) is 11.3 Å². The SMILES string of the molecule is N#CCOc1ccc(CNC2CC2)cc1Cl. The van der Waals surface area contributed by atoms with Gasteiger partial charge in [0, 0.05) is 12.6 Å². The molecule has 1 aromatic rings. The highest BCUT2D eigenvalue weighted by Gasteiger charge is 2.19. The van der Waals surface area contributed by atoms with Crippen LogP contribution in [-0.2, 0) is 6.54 Å². The van der Waals surface area contributed by atoms with Gasteiger partial charge in [0.2, 0.25) is 0 Å². The molecule has 0 radical (unpaired) electrons. The van der Waals surface area contributed by atoms with Crippen molar-refractivity contribution in [3.8, 4) is 11.8 Å². The highest BCUT2D eigenvalue weighted by Crippen LogP contribution is 2.26. The van der Waals surface area contributed by atoms with Gasteiger partial charge in [-0.1, -0.05) is 17.7 Å². The number of hydrogen-bond donors (Lipinski definition) is 1. The fourth-order valence-corrected chi connectivity index (χ4v) is 1.69. The molecule has 1 saturated carbocycles. The normalized spacial score (nSPS) is 14.5. The fraction of sp³-hybridized carbons (Fsp3) is 0.417. The molecule has 0 atom stereocenters. The van der Waals surface area contributed by atoms with E-state index in [1.807, 2.05) is 24.3 Å². The summed E-state index contributed by atoms with van der Waals surface area (Å²) in [6.45, 7) is 0.863. The van der Waals surface area contributed by atoms with E-state index in [9.17, 15) is 0 Å². The van der Waals surface area contributed by atoms with Gasteiger partial charge in [0.1, 0.15) is 11.8 Å². The molecule has 0 aromatic heterocycles. The average molecular weight is 237 g/mol. The van der Waals surface area contributed by atoms with Gasteiger partial charge in [-0.3, -0.25) is 0 Å². The van der Waals surface area contributed by atoms with Crippen LogP contribution in [0.25, 0.3) is 0 Å². The Bertz CT molecular complexity index is 410. The van der Waals surface area contributed by atoms with Gasteiger partial charge in [0.15, 0.2) is 6.61 Å². The van der Waals surface area contributed by atoms with Crippen molar-refractivity contribution < 1.29 is 4.74 Å². The minimum absolute atomic E-state index is 0.0272. The van der Waals surface area contributed by atoms with Crippen LogP contribution in [0.2, 0.25) is 5.02 Å². The van der Waals surface area contributed by atoms with Crippen molar-refractivity contribution in [3.05, 3.63) is 28.8 Å². The Hall–Kier alpha value is -1.24. The van der Waals surface area contributed by atoms with Crippen molar-refractivity contribution in [2.45, 2.75) is 25.4 Å². The molecule has 1 fully saturated rings. The van der Waals surface area contributed by atoms with Crippen LogP contribution < -0.4 is 10.1 Å². The Kier molecular flexibility index (Phi) is 3.66. The number of nitrogens with one attached hydrogen (secondary N) is 1. The standard InChI is InChI=1S/C12H13ClN2O/c13-11-7-9(8-15-10-2-3-10)1-4-12(11)16-6-5-14/h1,4,7,10,15H,2-3,6,8H2. The zero-order chi connectivity index (χ0) is 11.4. The lowest BCUT2D eigenvalue weighted by molar-refractivity contribution is 0.368. The smallest absolute Gasteiger partial charge is 0.174 e. The average Bonchev–Trinajstić information content (AvgIpc) is 3.09. The van der Waals surface area contributed by atoms with Crippen LogP contribution in [-0.4, -0.2) is 12.6 Å². The van der Waals surface area contributed by atoms with Gasteiger partial charge < -0.3 is 10.1 Å². The second-order valence-electron chi connectivity index (χ2n) is 3.87. The number of rotatable bonds is 5. The minimum Gasteiger partial charge on any atom is -0.477 e. The molecule has 1 aliphatic carbocycles. The van der Waals surface area contributed by atoms with E-state index in [0.717, 1.165) is 12.1 Å². The highest BCUT2D eigenvalue weighted by molar-refractivity contribution is 6.32. The molecule has 0 saturated heterocycles. The van der Waals surface area contributed by atoms with Gasteiger partial charge in [-0.2, -0.15) is 5.26 Å². The molecule has 0 bridgehead atoms. The van der Waals surface area contributed by atoms with Gasteiger partial charge in [0.25, 0.3) is 0 Å². The second kappa shape index (κ2) is 5.20. The summed E-state index contributed by atoms with van der Waals surface area (Å²) in [7, 11) is 0. The van der Waals surface area contributed by atoms with Gasteiger partial charge in [-0.05, 0) is 30.5 Å². The minimum atomic E-state index is 0.0272. The van der Waals surface area contributed by atoms with Crippen molar-refractivity contribution in [1.82, 2.24) is 5.32 Å². The molecule has 1 aromatic carbocycles. The Balaban J connectivity index is 1.94. The molecule has 84 valence electrons. The molecular formula is C12H13ClN2O. The number of nitrogens with zero attached hydrogens (tertiary/aromatic N) is 1. The van der Waals surface area contributed by atoms with Crippen LogP contribution in [0.3, 0.4) is 0 Å². The van der Waals surface area contributed by atoms with Gasteiger partial charge >= 0.3 is 0 Å². The van der Waals surface area contributed by atoms with E-state index in [-0.39, 0.29) is 6.61 Å². The van der Waals surface area contributed by atoms with Crippen molar-refractivity contribution in [1.29, 1.82) is 5.26 Å². The van der Waals surface area contributed by atoms with Crippen molar-refractivity contribution in [2.24, 2.45) is 0 Å². The lowest BCUT2D eigenvalue weighted by Gasteiger charge is -2.07. The summed E-state index contributed by atoms with van der Waals surface area (Å²) in [5.74, 6) is 0.568. The molecule has 0 spiro atoms. The molecule has 2 rings (SSSR count). The quantitative estimate of drug-likeness (QED) is 0.854. The van der Waals surface area contributed by atoms with Crippen LogP contribution >= 0.6 is 11.6 Å². The zero-order valence-corrected chi connectivity index (χ0v) is 9.63. The third-order valence-electron chi connectivity index (χ3n) is 2.46. The summed E-state index contributed by atoms with van der Waals surface area (Å²) >= 11 is 6.03. The maximum Gasteiger partial charge on any atom is 0.174 e. The molecule has 0 unspecified atom stereocenters. The molecule has 0 heterocycles. The van der Waals surface area contributed by atoms with E-state index in [2.05, 4.69) is 5.32 Å². The molecule has 16 heavy (non-hydrogen) atoms. The summed E-state index contributed by atoms with van der Waals surface area (Å²) in [5, 5.41) is 12.4. The Labute approximate surface area is 100.0 Å². The Morgan fingerprint density at radius 3 is 2.94 bits per heavy atom. The third-order valence-corrected chi connectivity index (χ3v) is 2.76. The summed E-state index contributed by atoms with van der Waals surface area (Å²) in [6, 6.07) is 8.26. The van der Waals surface area contributed by atoms with E-state index >= 15 is 0 Å². The van der Waals surface area contributed by atoms with Crippen LogP contribution in [0.15, 0.2) is 18.2 Å².